The first-order valence-electron chi connectivity index (χ1n) is 10.6. The van der Waals surface area contributed by atoms with Crippen molar-refractivity contribution in [3.63, 3.8) is 0 Å². The van der Waals surface area contributed by atoms with E-state index in [1.807, 2.05) is 40.3 Å². The van der Waals surface area contributed by atoms with Crippen LogP contribution in [0.3, 0.4) is 0 Å². The van der Waals surface area contributed by atoms with Crippen LogP contribution in [-0.2, 0) is 0 Å². The lowest BCUT2D eigenvalue weighted by Gasteiger charge is -2.33. The normalized spacial score (nSPS) is 11.6. The summed E-state index contributed by atoms with van der Waals surface area (Å²) in [7, 11) is 9.90. The van der Waals surface area contributed by atoms with Crippen LogP contribution < -0.4 is 14.8 Å². The Labute approximate surface area is 179 Å². The molecule has 162 valence electrons. The van der Waals surface area contributed by atoms with Crippen LogP contribution in [0.5, 0.6) is 5.75 Å². The van der Waals surface area contributed by atoms with E-state index in [0.717, 1.165) is 64.9 Å². The Balaban J connectivity index is 2.38. The van der Waals surface area contributed by atoms with Crippen molar-refractivity contribution in [1.82, 2.24) is 20.2 Å². The number of hydrogen-bond acceptors (Lipinski definition) is 7. The van der Waals surface area contributed by atoms with Crippen molar-refractivity contribution < 1.29 is 4.74 Å². The molecule has 0 saturated heterocycles. The van der Waals surface area contributed by atoms with Crippen LogP contribution in [0, 0.1) is 0 Å². The third kappa shape index (κ3) is 4.13. The highest BCUT2D eigenvalue weighted by atomic mass is 16.5. The first kappa shape index (κ1) is 22.1. The van der Waals surface area contributed by atoms with E-state index in [1.54, 1.807) is 7.11 Å². The molecule has 1 aromatic heterocycles. The molecule has 7 heteroatoms. The van der Waals surface area contributed by atoms with Crippen LogP contribution in [0.4, 0.5) is 11.6 Å². The van der Waals surface area contributed by atoms with E-state index in [1.165, 1.54) is 0 Å². The van der Waals surface area contributed by atoms with Crippen LogP contribution in [0.25, 0.3) is 21.5 Å². The highest BCUT2D eigenvalue weighted by molar-refractivity contribution is 6.08. The van der Waals surface area contributed by atoms with Gasteiger partial charge < -0.3 is 4.74 Å². The monoisotopic (exact) mass is 410 g/mol. The van der Waals surface area contributed by atoms with Gasteiger partial charge in [-0.25, -0.2) is 10.0 Å². The zero-order valence-electron chi connectivity index (χ0n) is 19.3. The smallest absolute Gasteiger partial charge is 0.173 e. The first-order chi connectivity index (χ1) is 14.4. The minimum Gasteiger partial charge on any atom is -0.496 e. The quantitative estimate of drug-likeness (QED) is 0.387. The Hall–Kier alpha value is -2.64. The number of methoxy groups -OCH3 is 1. The Kier molecular flexibility index (Phi) is 6.95. The SMILES string of the molecule is CCCN(c1nnc(N(CCC)N(C)C)c2cc3c(OC)cccc3cc12)N(C)C. The molecule has 0 fully saturated rings. The zero-order valence-corrected chi connectivity index (χ0v) is 19.3. The van der Waals surface area contributed by atoms with Gasteiger partial charge in [0.1, 0.15) is 5.75 Å². The van der Waals surface area contributed by atoms with Crippen LogP contribution in [0.1, 0.15) is 26.7 Å². The Morgan fingerprint density at radius 2 is 1.30 bits per heavy atom. The van der Waals surface area contributed by atoms with Crippen molar-refractivity contribution in [2.75, 3.05) is 58.4 Å². The van der Waals surface area contributed by atoms with Gasteiger partial charge in [0.05, 0.1) is 7.11 Å². The topological polar surface area (TPSA) is 48.0 Å². The second kappa shape index (κ2) is 9.45. The standard InChI is InChI=1S/C23H34N6O/c1-8-13-28(26(3)4)22-19-15-17-11-10-12-21(30-7)18(17)16-20(19)23(25-24-22)29(14-9-2)27(5)6/h10-12,15-16H,8-9,13-14H2,1-7H3. The molecule has 0 amide bonds. The van der Waals surface area contributed by atoms with Crippen LogP contribution in [0.15, 0.2) is 30.3 Å². The van der Waals surface area contributed by atoms with Gasteiger partial charge in [0, 0.05) is 57.4 Å². The number of benzene rings is 2. The van der Waals surface area contributed by atoms with Gasteiger partial charge in [-0.05, 0) is 36.4 Å². The Morgan fingerprint density at radius 3 is 1.77 bits per heavy atom. The number of aromatic nitrogens is 2. The molecular formula is C23H34N6O. The van der Waals surface area contributed by atoms with Gasteiger partial charge in [-0.1, -0.05) is 26.0 Å². The molecule has 0 bridgehead atoms. The molecule has 2 aromatic carbocycles. The maximum absolute atomic E-state index is 5.65. The molecule has 0 N–H and O–H groups in total. The summed E-state index contributed by atoms with van der Waals surface area (Å²) in [4.78, 5) is 0. The molecular weight excluding hydrogens is 376 g/mol. The molecule has 0 atom stereocenters. The Bertz CT molecular complexity index is 1000. The van der Waals surface area contributed by atoms with Gasteiger partial charge >= 0.3 is 0 Å². The number of hydrogen-bond donors (Lipinski definition) is 0. The van der Waals surface area contributed by atoms with Crippen molar-refractivity contribution >= 4 is 33.2 Å². The molecule has 30 heavy (non-hydrogen) atoms. The summed E-state index contributed by atoms with van der Waals surface area (Å²) < 4.78 is 5.65. The minimum absolute atomic E-state index is 0.864. The molecule has 0 unspecified atom stereocenters. The fraction of sp³-hybridized carbons (Fsp3) is 0.478. The third-order valence-electron chi connectivity index (χ3n) is 5.25. The number of fused-ring (bicyclic) bond motifs is 2. The second-order valence-corrected chi connectivity index (χ2v) is 7.87. The van der Waals surface area contributed by atoms with Crippen molar-refractivity contribution in [3.8, 4) is 5.75 Å². The maximum atomic E-state index is 5.65. The van der Waals surface area contributed by atoms with Crippen LogP contribution >= 0.6 is 0 Å². The van der Waals surface area contributed by atoms with E-state index in [9.17, 15) is 0 Å². The summed E-state index contributed by atoms with van der Waals surface area (Å²) in [6, 6.07) is 10.6. The van der Waals surface area contributed by atoms with E-state index in [4.69, 9.17) is 14.9 Å². The molecule has 0 aliphatic heterocycles. The third-order valence-corrected chi connectivity index (χ3v) is 5.25. The van der Waals surface area contributed by atoms with Crippen LogP contribution in [-0.4, -0.2) is 68.6 Å². The average molecular weight is 411 g/mol. The molecule has 7 nitrogen and oxygen atoms in total. The lowest BCUT2D eigenvalue weighted by atomic mass is 10.0. The summed E-state index contributed by atoms with van der Waals surface area (Å²) in [5.74, 6) is 2.60. The molecule has 3 rings (SSSR count). The summed E-state index contributed by atoms with van der Waals surface area (Å²) in [6.07, 6.45) is 2.03. The van der Waals surface area contributed by atoms with Gasteiger partial charge in [-0.3, -0.25) is 10.0 Å². The molecule has 0 saturated carbocycles. The van der Waals surface area contributed by atoms with Crippen molar-refractivity contribution in [2.45, 2.75) is 26.7 Å². The number of hydrazine groups is 2. The van der Waals surface area contributed by atoms with E-state index in [0.29, 0.717) is 0 Å². The minimum atomic E-state index is 0.864. The fourth-order valence-corrected chi connectivity index (χ4v) is 3.84. The summed E-state index contributed by atoms with van der Waals surface area (Å²) in [6.45, 7) is 6.09. The van der Waals surface area contributed by atoms with Gasteiger partial charge in [0.2, 0.25) is 0 Å². The zero-order chi connectivity index (χ0) is 21.8. The molecule has 0 spiro atoms. The van der Waals surface area contributed by atoms with E-state index in [2.05, 4.69) is 52.1 Å². The van der Waals surface area contributed by atoms with Gasteiger partial charge in [-0.15, -0.1) is 10.2 Å². The number of ether oxygens (including phenoxy) is 1. The lowest BCUT2D eigenvalue weighted by molar-refractivity contribution is 0.360. The maximum Gasteiger partial charge on any atom is 0.173 e. The largest absolute Gasteiger partial charge is 0.496 e. The molecule has 3 aromatic rings. The predicted octanol–water partition coefficient (Wildman–Crippen LogP) is 4.18. The van der Waals surface area contributed by atoms with E-state index < -0.39 is 0 Å². The number of rotatable bonds is 9. The first-order valence-corrected chi connectivity index (χ1v) is 10.6. The van der Waals surface area contributed by atoms with Gasteiger partial charge in [0.25, 0.3) is 0 Å². The summed E-state index contributed by atoms with van der Waals surface area (Å²) in [5.41, 5.74) is 0. The average Bonchev–Trinajstić information content (AvgIpc) is 2.73. The molecule has 0 aliphatic carbocycles. The highest BCUT2D eigenvalue weighted by Gasteiger charge is 2.21. The Morgan fingerprint density at radius 1 is 0.767 bits per heavy atom. The van der Waals surface area contributed by atoms with Crippen molar-refractivity contribution in [1.29, 1.82) is 0 Å². The fourth-order valence-electron chi connectivity index (χ4n) is 3.84. The van der Waals surface area contributed by atoms with Gasteiger partial charge in [0.15, 0.2) is 11.6 Å². The molecule has 0 radical (unpaired) electrons. The summed E-state index contributed by atoms with van der Waals surface area (Å²) in [5, 5.41) is 22.3. The highest BCUT2D eigenvalue weighted by Crippen LogP contribution is 2.37. The van der Waals surface area contributed by atoms with Crippen molar-refractivity contribution in [3.05, 3.63) is 30.3 Å². The number of anilines is 2. The summed E-state index contributed by atoms with van der Waals surface area (Å²) >= 11 is 0. The van der Waals surface area contributed by atoms with E-state index >= 15 is 0 Å². The van der Waals surface area contributed by atoms with Gasteiger partial charge in [-0.2, -0.15) is 0 Å². The van der Waals surface area contributed by atoms with E-state index in [-0.39, 0.29) is 0 Å². The second-order valence-electron chi connectivity index (χ2n) is 7.87. The molecule has 0 aliphatic rings. The predicted molar refractivity (Wildman–Crippen MR) is 126 cm³/mol. The lowest BCUT2D eigenvalue weighted by Crippen LogP contribution is -2.40. The van der Waals surface area contributed by atoms with Crippen LogP contribution in [0.2, 0.25) is 0 Å². The van der Waals surface area contributed by atoms with Crippen molar-refractivity contribution in [2.24, 2.45) is 0 Å². The molecule has 1 heterocycles. The number of nitrogens with zero attached hydrogens (tertiary/aromatic N) is 6.